The molecule has 0 aliphatic heterocycles. The molecule has 1 unspecified atom stereocenters. The average Bonchev–Trinajstić information content (AvgIpc) is 2.92. The number of nitrogens with zero attached hydrogens (tertiary/aromatic N) is 3. The zero-order valence-corrected chi connectivity index (χ0v) is 12.2. The van der Waals surface area contributed by atoms with Crippen molar-refractivity contribution in [1.82, 2.24) is 19.3 Å². The van der Waals surface area contributed by atoms with Crippen molar-refractivity contribution in [2.24, 2.45) is 0 Å². The Hall–Kier alpha value is -2.25. The van der Waals surface area contributed by atoms with Crippen molar-refractivity contribution in [2.75, 3.05) is 0 Å². The highest BCUT2D eigenvalue weighted by atomic mass is 32.2. The average molecular weight is 302 g/mol. The summed E-state index contributed by atoms with van der Waals surface area (Å²) in [7, 11) is -3.59. The van der Waals surface area contributed by atoms with Crippen molar-refractivity contribution in [3.63, 3.8) is 0 Å². The maximum atomic E-state index is 12.3. The minimum atomic E-state index is -3.59. The maximum absolute atomic E-state index is 12.3. The molecule has 1 atom stereocenters. The Morgan fingerprint density at radius 1 is 1.05 bits per heavy atom. The minimum absolute atomic E-state index is 0.227. The lowest BCUT2D eigenvalue weighted by Crippen LogP contribution is -2.28. The number of benzene rings is 1. The smallest absolute Gasteiger partial charge is 0.241 e. The topological polar surface area (TPSA) is 76.4 Å². The largest absolute Gasteiger partial charge is 0.285 e. The molecule has 6 nitrogen and oxygen atoms in total. The van der Waals surface area contributed by atoms with Crippen molar-refractivity contribution in [1.29, 1.82) is 0 Å². The summed E-state index contributed by atoms with van der Waals surface area (Å²) in [6, 6.07) is 13.3. The summed E-state index contributed by atoms with van der Waals surface area (Å²) < 4.78 is 29.0. The van der Waals surface area contributed by atoms with Gasteiger partial charge in [-0.1, -0.05) is 24.3 Å². The van der Waals surface area contributed by atoms with Crippen LogP contribution < -0.4 is 4.72 Å². The number of fused-ring (bicyclic) bond motifs is 1. The van der Waals surface area contributed by atoms with Gasteiger partial charge >= 0.3 is 0 Å². The Morgan fingerprint density at radius 3 is 2.52 bits per heavy atom. The molecule has 0 amide bonds. The number of aromatic nitrogens is 3. The number of nitrogens with one attached hydrogen (secondary N) is 1. The maximum Gasteiger partial charge on any atom is 0.241 e. The predicted molar refractivity (Wildman–Crippen MR) is 78.2 cm³/mol. The van der Waals surface area contributed by atoms with Crippen molar-refractivity contribution in [3.8, 4) is 0 Å². The van der Waals surface area contributed by atoms with Gasteiger partial charge < -0.3 is 0 Å². The molecule has 0 saturated carbocycles. The molecule has 3 rings (SSSR count). The van der Waals surface area contributed by atoms with Gasteiger partial charge in [-0.25, -0.2) is 13.1 Å². The van der Waals surface area contributed by atoms with E-state index in [1.807, 2.05) is 18.2 Å². The van der Waals surface area contributed by atoms with Crippen LogP contribution in [0.2, 0.25) is 0 Å². The fourth-order valence-electron chi connectivity index (χ4n) is 2.11. The molecule has 7 heteroatoms. The van der Waals surface area contributed by atoms with Crippen LogP contribution in [-0.4, -0.2) is 23.0 Å². The van der Waals surface area contributed by atoms with Crippen LogP contribution in [0.1, 0.15) is 18.8 Å². The number of sulfonamides is 1. The summed E-state index contributed by atoms with van der Waals surface area (Å²) in [5.74, 6) is 0.546. The van der Waals surface area contributed by atoms with Gasteiger partial charge in [0.05, 0.1) is 10.9 Å². The third kappa shape index (κ3) is 2.65. The van der Waals surface area contributed by atoms with Gasteiger partial charge in [-0.2, -0.15) is 0 Å². The second-order valence-electron chi connectivity index (χ2n) is 4.64. The van der Waals surface area contributed by atoms with E-state index >= 15 is 0 Å². The number of hydrogen-bond acceptors (Lipinski definition) is 4. The van der Waals surface area contributed by atoms with E-state index in [4.69, 9.17) is 0 Å². The zero-order valence-electron chi connectivity index (χ0n) is 11.3. The van der Waals surface area contributed by atoms with Gasteiger partial charge in [-0.05, 0) is 31.2 Å². The van der Waals surface area contributed by atoms with Crippen LogP contribution in [0.3, 0.4) is 0 Å². The molecule has 0 spiro atoms. The molecule has 3 aromatic rings. The Bertz CT molecular complexity index is 859. The summed E-state index contributed by atoms with van der Waals surface area (Å²) in [6.07, 6.45) is 1.80. The molecular weight excluding hydrogens is 288 g/mol. The molecule has 0 radical (unpaired) electrons. The summed E-state index contributed by atoms with van der Waals surface area (Å²) in [5.41, 5.74) is 0.679. The first-order valence-corrected chi connectivity index (χ1v) is 7.93. The van der Waals surface area contributed by atoms with Gasteiger partial charge in [0.2, 0.25) is 10.0 Å². The summed E-state index contributed by atoms with van der Waals surface area (Å²) >= 11 is 0. The van der Waals surface area contributed by atoms with Crippen LogP contribution in [0.5, 0.6) is 0 Å². The van der Waals surface area contributed by atoms with Gasteiger partial charge in [0.15, 0.2) is 11.5 Å². The van der Waals surface area contributed by atoms with Crippen LogP contribution in [0.15, 0.2) is 59.6 Å². The molecule has 0 fully saturated rings. The number of pyridine rings is 1. The van der Waals surface area contributed by atoms with Crippen molar-refractivity contribution in [3.05, 3.63) is 60.6 Å². The fourth-order valence-corrected chi connectivity index (χ4v) is 3.33. The van der Waals surface area contributed by atoms with E-state index in [1.54, 1.807) is 47.9 Å². The molecule has 0 bridgehead atoms. The molecule has 108 valence electrons. The second kappa shape index (κ2) is 5.27. The van der Waals surface area contributed by atoms with E-state index in [9.17, 15) is 8.42 Å². The van der Waals surface area contributed by atoms with Crippen molar-refractivity contribution < 1.29 is 8.42 Å². The molecule has 1 N–H and O–H groups in total. The fraction of sp³-hybridized carbons (Fsp3) is 0.143. The van der Waals surface area contributed by atoms with Crippen molar-refractivity contribution >= 4 is 15.7 Å². The summed E-state index contributed by atoms with van der Waals surface area (Å²) in [6.45, 7) is 1.74. The standard InChI is InChI=1S/C14H14N4O2S/c1-11(14-16-15-13-9-5-6-10-18(13)14)17-21(19,20)12-7-3-2-4-8-12/h2-11,17H,1H3. The van der Waals surface area contributed by atoms with Crippen LogP contribution in [0, 0.1) is 0 Å². The minimum Gasteiger partial charge on any atom is -0.285 e. The van der Waals surface area contributed by atoms with Crippen LogP contribution >= 0.6 is 0 Å². The lowest BCUT2D eigenvalue weighted by molar-refractivity contribution is 0.558. The molecule has 0 saturated heterocycles. The van der Waals surface area contributed by atoms with Gasteiger partial charge in [0.25, 0.3) is 0 Å². The lowest BCUT2D eigenvalue weighted by atomic mass is 10.3. The van der Waals surface area contributed by atoms with Gasteiger partial charge in [-0.3, -0.25) is 4.40 Å². The highest BCUT2D eigenvalue weighted by Crippen LogP contribution is 2.16. The van der Waals surface area contributed by atoms with Crippen LogP contribution in [0.4, 0.5) is 0 Å². The quantitative estimate of drug-likeness (QED) is 0.797. The molecule has 0 aliphatic rings. The summed E-state index contributed by atoms with van der Waals surface area (Å²) in [5, 5.41) is 8.08. The first-order valence-electron chi connectivity index (χ1n) is 6.45. The van der Waals surface area contributed by atoms with E-state index in [0.29, 0.717) is 11.5 Å². The number of rotatable bonds is 4. The van der Waals surface area contributed by atoms with Gasteiger partial charge in [-0.15, -0.1) is 10.2 Å². The van der Waals surface area contributed by atoms with E-state index in [2.05, 4.69) is 14.9 Å². The van der Waals surface area contributed by atoms with E-state index < -0.39 is 16.1 Å². The molecule has 0 aliphatic carbocycles. The van der Waals surface area contributed by atoms with Crippen molar-refractivity contribution in [2.45, 2.75) is 17.9 Å². The Kier molecular flexibility index (Phi) is 3.44. The third-order valence-electron chi connectivity index (χ3n) is 3.11. The third-order valence-corrected chi connectivity index (χ3v) is 4.67. The highest BCUT2D eigenvalue weighted by Gasteiger charge is 2.21. The van der Waals surface area contributed by atoms with Crippen LogP contribution in [-0.2, 0) is 10.0 Å². The molecule has 1 aromatic carbocycles. The van der Waals surface area contributed by atoms with E-state index in [0.717, 1.165) is 0 Å². The summed E-state index contributed by atoms with van der Waals surface area (Å²) in [4.78, 5) is 0.227. The molecule has 2 heterocycles. The molecule has 2 aromatic heterocycles. The highest BCUT2D eigenvalue weighted by molar-refractivity contribution is 7.89. The van der Waals surface area contributed by atoms with E-state index in [-0.39, 0.29) is 4.90 Å². The Labute approximate surface area is 122 Å². The molecular formula is C14H14N4O2S. The SMILES string of the molecule is CC(NS(=O)(=O)c1ccccc1)c1nnc2ccccn12. The zero-order chi connectivity index (χ0) is 14.9. The van der Waals surface area contributed by atoms with Gasteiger partial charge in [0, 0.05) is 6.20 Å². The first-order chi connectivity index (χ1) is 10.1. The Balaban J connectivity index is 1.91. The van der Waals surface area contributed by atoms with E-state index in [1.165, 1.54) is 0 Å². The lowest BCUT2D eigenvalue weighted by Gasteiger charge is -2.12. The normalized spacial score (nSPS) is 13.4. The monoisotopic (exact) mass is 302 g/mol. The molecule has 21 heavy (non-hydrogen) atoms. The first kappa shape index (κ1) is 13.7. The predicted octanol–water partition coefficient (Wildman–Crippen LogP) is 1.77. The second-order valence-corrected chi connectivity index (χ2v) is 6.36. The Morgan fingerprint density at radius 2 is 1.76 bits per heavy atom. The number of hydrogen-bond donors (Lipinski definition) is 1. The van der Waals surface area contributed by atoms with Gasteiger partial charge in [0.1, 0.15) is 0 Å². The van der Waals surface area contributed by atoms with Crippen LogP contribution in [0.25, 0.3) is 5.65 Å².